The van der Waals surface area contributed by atoms with Crippen LogP contribution in [-0.4, -0.2) is 18.8 Å². The number of rotatable bonds is 5. The second-order valence-corrected chi connectivity index (χ2v) is 2.91. The number of epoxide rings is 1. The fraction of sp³-hybridized carbons (Fsp3) is 1.00. The molecule has 60 valence electrons. The first-order valence-electron chi connectivity index (χ1n) is 4.24. The van der Waals surface area contributed by atoms with Gasteiger partial charge in [-0.2, -0.15) is 0 Å². The van der Waals surface area contributed by atoms with Crippen molar-refractivity contribution in [2.24, 2.45) is 5.73 Å². The van der Waals surface area contributed by atoms with Gasteiger partial charge in [0.15, 0.2) is 0 Å². The molecule has 0 bridgehead atoms. The lowest BCUT2D eigenvalue weighted by Gasteiger charge is -1.92. The van der Waals surface area contributed by atoms with Crippen molar-refractivity contribution in [2.45, 2.75) is 44.8 Å². The van der Waals surface area contributed by atoms with Gasteiger partial charge in [0.2, 0.25) is 0 Å². The molecule has 2 nitrogen and oxygen atoms in total. The Kier molecular flexibility index (Phi) is 3.16. The number of hydrogen-bond donors (Lipinski definition) is 1. The number of nitrogens with two attached hydrogens (primary N) is 1. The molecule has 1 aliphatic rings. The number of hydrogen-bond acceptors (Lipinski definition) is 2. The molecule has 0 aromatic rings. The number of ether oxygens (including phenoxy) is 1. The molecule has 0 spiro atoms. The van der Waals surface area contributed by atoms with Gasteiger partial charge < -0.3 is 10.5 Å². The first kappa shape index (κ1) is 8.02. The smallest absolute Gasteiger partial charge is 0.0841 e. The lowest BCUT2D eigenvalue weighted by molar-refractivity contribution is 0.356. The van der Waals surface area contributed by atoms with Crippen molar-refractivity contribution in [1.29, 1.82) is 0 Å². The van der Waals surface area contributed by atoms with Crippen molar-refractivity contribution in [3.05, 3.63) is 0 Å². The van der Waals surface area contributed by atoms with E-state index < -0.39 is 0 Å². The summed E-state index contributed by atoms with van der Waals surface area (Å²) in [4.78, 5) is 0. The molecule has 0 aromatic carbocycles. The molecule has 0 unspecified atom stereocenters. The van der Waals surface area contributed by atoms with Crippen LogP contribution in [-0.2, 0) is 4.74 Å². The summed E-state index contributed by atoms with van der Waals surface area (Å²) in [6.45, 7) is 3.00. The summed E-state index contributed by atoms with van der Waals surface area (Å²) in [5.41, 5.74) is 5.36. The van der Waals surface area contributed by atoms with Crippen molar-refractivity contribution < 1.29 is 4.74 Å². The highest BCUT2D eigenvalue weighted by Gasteiger charge is 2.35. The molecule has 0 aromatic heterocycles. The second kappa shape index (κ2) is 3.94. The third kappa shape index (κ3) is 2.27. The van der Waals surface area contributed by atoms with E-state index in [9.17, 15) is 0 Å². The molecule has 0 radical (unpaired) electrons. The van der Waals surface area contributed by atoms with Crippen LogP contribution in [0.25, 0.3) is 0 Å². The van der Waals surface area contributed by atoms with E-state index in [2.05, 4.69) is 6.92 Å². The maximum atomic E-state index is 5.37. The van der Waals surface area contributed by atoms with Crippen LogP contribution in [0.15, 0.2) is 0 Å². The summed E-state index contributed by atoms with van der Waals surface area (Å²) in [6, 6.07) is 0. The first-order chi connectivity index (χ1) is 4.88. The molecular weight excluding hydrogens is 126 g/mol. The molecule has 1 aliphatic heterocycles. The Balaban J connectivity index is 1.87. The Morgan fingerprint density at radius 3 is 2.60 bits per heavy atom. The normalized spacial score (nSPS) is 30.6. The zero-order valence-electron chi connectivity index (χ0n) is 6.68. The predicted molar refractivity (Wildman–Crippen MR) is 41.9 cm³/mol. The molecular formula is C8H17NO. The van der Waals surface area contributed by atoms with Crippen LogP contribution in [0.5, 0.6) is 0 Å². The van der Waals surface area contributed by atoms with E-state index in [0.29, 0.717) is 12.2 Å². The van der Waals surface area contributed by atoms with Crippen LogP contribution >= 0.6 is 0 Å². The third-order valence-electron chi connectivity index (χ3n) is 2.03. The minimum absolute atomic E-state index is 0.580. The van der Waals surface area contributed by atoms with E-state index in [4.69, 9.17) is 10.5 Å². The van der Waals surface area contributed by atoms with E-state index in [0.717, 1.165) is 13.0 Å². The van der Waals surface area contributed by atoms with E-state index in [1.54, 1.807) is 0 Å². The summed E-state index contributed by atoms with van der Waals surface area (Å²) in [7, 11) is 0. The van der Waals surface area contributed by atoms with Crippen LogP contribution < -0.4 is 5.73 Å². The fourth-order valence-electron chi connectivity index (χ4n) is 1.28. The molecule has 2 atom stereocenters. The van der Waals surface area contributed by atoms with Gasteiger partial charge in [0, 0.05) is 0 Å². The lowest BCUT2D eigenvalue weighted by atomic mass is 10.1. The van der Waals surface area contributed by atoms with Gasteiger partial charge in [-0.3, -0.25) is 0 Å². The van der Waals surface area contributed by atoms with Gasteiger partial charge in [-0.15, -0.1) is 0 Å². The largest absolute Gasteiger partial charge is 0.370 e. The molecule has 1 fully saturated rings. The summed E-state index contributed by atoms with van der Waals surface area (Å²) in [6.07, 6.45) is 5.94. The van der Waals surface area contributed by atoms with Crippen LogP contribution in [0.2, 0.25) is 0 Å². The monoisotopic (exact) mass is 143 g/mol. The maximum absolute atomic E-state index is 5.37. The van der Waals surface area contributed by atoms with Crippen LogP contribution in [0.1, 0.15) is 32.6 Å². The SMILES string of the molecule is CC[C@@H]1O[C@H]1CCCCN. The van der Waals surface area contributed by atoms with Crippen LogP contribution in [0.3, 0.4) is 0 Å². The second-order valence-electron chi connectivity index (χ2n) is 2.91. The Hall–Kier alpha value is -0.0800. The Morgan fingerprint density at radius 1 is 1.30 bits per heavy atom. The van der Waals surface area contributed by atoms with Crippen molar-refractivity contribution in [1.82, 2.24) is 0 Å². The molecule has 0 aliphatic carbocycles. The van der Waals surface area contributed by atoms with Gasteiger partial charge in [-0.05, 0) is 32.2 Å². The standard InChI is InChI=1S/C8H17NO/c1-2-7-8(10-7)5-3-4-6-9/h7-8H,2-6,9H2,1H3/t7-,8-/m0/s1. The van der Waals surface area contributed by atoms with E-state index >= 15 is 0 Å². The Morgan fingerprint density at radius 2 is 2.10 bits per heavy atom. The van der Waals surface area contributed by atoms with E-state index in [1.165, 1.54) is 19.3 Å². The molecule has 10 heavy (non-hydrogen) atoms. The number of unbranched alkanes of at least 4 members (excludes halogenated alkanes) is 1. The maximum Gasteiger partial charge on any atom is 0.0841 e. The quantitative estimate of drug-likeness (QED) is 0.465. The highest BCUT2D eigenvalue weighted by Crippen LogP contribution is 2.29. The van der Waals surface area contributed by atoms with Crippen molar-refractivity contribution >= 4 is 0 Å². The zero-order chi connectivity index (χ0) is 7.40. The van der Waals surface area contributed by atoms with E-state index in [1.807, 2.05) is 0 Å². The van der Waals surface area contributed by atoms with Crippen molar-refractivity contribution in [3.63, 3.8) is 0 Å². The molecule has 0 amide bonds. The van der Waals surface area contributed by atoms with E-state index in [-0.39, 0.29) is 0 Å². The summed E-state index contributed by atoms with van der Waals surface area (Å²) >= 11 is 0. The average Bonchev–Trinajstić information content (AvgIpc) is 2.68. The predicted octanol–water partition coefficient (Wildman–Crippen LogP) is 1.29. The summed E-state index contributed by atoms with van der Waals surface area (Å²) in [5, 5.41) is 0. The molecule has 1 heterocycles. The topological polar surface area (TPSA) is 38.5 Å². The van der Waals surface area contributed by atoms with Crippen LogP contribution in [0, 0.1) is 0 Å². The van der Waals surface area contributed by atoms with Gasteiger partial charge in [-0.25, -0.2) is 0 Å². The molecule has 2 N–H and O–H groups in total. The average molecular weight is 143 g/mol. The molecule has 2 heteroatoms. The van der Waals surface area contributed by atoms with Gasteiger partial charge in [0.1, 0.15) is 0 Å². The van der Waals surface area contributed by atoms with Crippen molar-refractivity contribution in [2.75, 3.05) is 6.54 Å². The Bertz CT molecular complexity index is 95.3. The summed E-state index contributed by atoms with van der Waals surface area (Å²) in [5.74, 6) is 0. The van der Waals surface area contributed by atoms with Crippen molar-refractivity contribution in [3.8, 4) is 0 Å². The molecule has 0 saturated carbocycles. The van der Waals surface area contributed by atoms with Crippen LogP contribution in [0.4, 0.5) is 0 Å². The lowest BCUT2D eigenvalue weighted by Crippen LogP contribution is -1.99. The van der Waals surface area contributed by atoms with Gasteiger partial charge >= 0.3 is 0 Å². The highest BCUT2D eigenvalue weighted by molar-refractivity contribution is 4.82. The first-order valence-corrected chi connectivity index (χ1v) is 4.24. The molecule has 1 rings (SSSR count). The van der Waals surface area contributed by atoms with Gasteiger partial charge in [-0.1, -0.05) is 6.92 Å². The van der Waals surface area contributed by atoms with Gasteiger partial charge in [0.25, 0.3) is 0 Å². The third-order valence-corrected chi connectivity index (χ3v) is 2.03. The molecule has 1 saturated heterocycles. The fourth-order valence-corrected chi connectivity index (χ4v) is 1.28. The van der Waals surface area contributed by atoms with Gasteiger partial charge in [0.05, 0.1) is 12.2 Å². The summed E-state index contributed by atoms with van der Waals surface area (Å²) < 4.78 is 5.37. The minimum Gasteiger partial charge on any atom is -0.370 e. The minimum atomic E-state index is 0.580. The zero-order valence-corrected chi connectivity index (χ0v) is 6.68. The Labute approximate surface area is 62.7 Å². The highest BCUT2D eigenvalue weighted by atomic mass is 16.6.